The van der Waals surface area contributed by atoms with Crippen molar-refractivity contribution in [2.45, 2.75) is 65.3 Å². The molecule has 1 aliphatic carbocycles. The third-order valence-corrected chi connectivity index (χ3v) is 3.71. The van der Waals surface area contributed by atoms with Gasteiger partial charge in [-0.3, -0.25) is 4.79 Å². The topological polar surface area (TPSA) is 44.9 Å². The molecule has 100 valence electrons. The fourth-order valence-corrected chi connectivity index (χ4v) is 2.58. The van der Waals surface area contributed by atoms with Crippen molar-refractivity contribution in [1.29, 1.82) is 0 Å². The molecule has 0 amide bonds. The second-order valence-electron chi connectivity index (χ2n) is 6.16. The number of nitrogens with one attached hydrogen (secondary N) is 2. The smallest absolute Gasteiger partial charge is 0.192 e. The van der Waals surface area contributed by atoms with Gasteiger partial charge in [-0.05, 0) is 19.8 Å². The third kappa shape index (κ3) is 1.68. The molecule has 18 heavy (non-hydrogen) atoms. The average molecular weight is 248 g/mol. The van der Waals surface area contributed by atoms with Crippen LogP contribution in [0.25, 0.3) is 0 Å². The zero-order valence-corrected chi connectivity index (χ0v) is 12.3. The number of aromatic nitrogens is 1. The minimum Gasteiger partial charge on any atom is -0.370 e. The van der Waals surface area contributed by atoms with Crippen LogP contribution >= 0.6 is 0 Å². The second-order valence-corrected chi connectivity index (χ2v) is 6.16. The summed E-state index contributed by atoms with van der Waals surface area (Å²) in [5.74, 6) is 0.303. The molecule has 2 heterocycles. The fourth-order valence-electron chi connectivity index (χ4n) is 2.58. The maximum Gasteiger partial charge on any atom is 0.192 e. The predicted octanol–water partition coefficient (Wildman–Crippen LogP) is 3.79. The lowest BCUT2D eigenvalue weighted by molar-refractivity contribution is 0.0967. The van der Waals surface area contributed by atoms with Crippen molar-refractivity contribution in [1.82, 2.24) is 4.98 Å². The van der Waals surface area contributed by atoms with Crippen LogP contribution in [0.4, 0.5) is 5.69 Å². The Hall–Kier alpha value is -1.25. The first-order chi connectivity index (χ1) is 8.35. The lowest BCUT2D eigenvalue weighted by Crippen LogP contribution is -2.26. The number of carbonyl (C=O) groups is 1. The van der Waals surface area contributed by atoms with E-state index in [-0.39, 0.29) is 11.0 Å². The van der Waals surface area contributed by atoms with Gasteiger partial charge in [-0.1, -0.05) is 34.6 Å². The van der Waals surface area contributed by atoms with Crippen molar-refractivity contribution in [2.24, 2.45) is 0 Å². The van der Waals surface area contributed by atoms with E-state index in [4.69, 9.17) is 0 Å². The lowest BCUT2D eigenvalue weighted by atomic mass is 9.88. The van der Waals surface area contributed by atoms with Crippen molar-refractivity contribution in [3.8, 4) is 0 Å². The largest absolute Gasteiger partial charge is 0.370 e. The average Bonchev–Trinajstić information content (AvgIpc) is 2.93. The van der Waals surface area contributed by atoms with Crippen LogP contribution < -0.4 is 5.32 Å². The van der Waals surface area contributed by atoms with Gasteiger partial charge in [0, 0.05) is 16.8 Å². The molecule has 0 unspecified atom stereocenters. The van der Waals surface area contributed by atoms with Gasteiger partial charge in [0.1, 0.15) is 5.54 Å². The van der Waals surface area contributed by atoms with E-state index >= 15 is 0 Å². The van der Waals surface area contributed by atoms with E-state index in [1.165, 1.54) is 0 Å². The molecule has 1 aliphatic heterocycles. The van der Waals surface area contributed by atoms with E-state index in [0.717, 1.165) is 35.5 Å². The van der Waals surface area contributed by atoms with Crippen molar-refractivity contribution in [2.75, 3.05) is 5.32 Å². The van der Waals surface area contributed by atoms with Crippen LogP contribution in [0.1, 0.15) is 69.2 Å². The Morgan fingerprint density at radius 3 is 2.17 bits per heavy atom. The summed E-state index contributed by atoms with van der Waals surface area (Å²) >= 11 is 0. The van der Waals surface area contributed by atoms with Crippen LogP contribution in [-0.4, -0.2) is 16.3 Å². The van der Waals surface area contributed by atoms with Gasteiger partial charge in [0.15, 0.2) is 5.78 Å². The minimum atomic E-state index is -0.218. The van der Waals surface area contributed by atoms with E-state index in [2.05, 4.69) is 31.1 Å². The van der Waals surface area contributed by atoms with Crippen molar-refractivity contribution in [3.63, 3.8) is 0 Å². The summed E-state index contributed by atoms with van der Waals surface area (Å²) in [5.41, 5.74) is 3.92. The molecular formula is C15H24N2O. The summed E-state index contributed by atoms with van der Waals surface area (Å²) in [7, 11) is 0. The van der Waals surface area contributed by atoms with Gasteiger partial charge in [0.2, 0.25) is 0 Å². The van der Waals surface area contributed by atoms with Gasteiger partial charge in [-0.2, -0.15) is 0 Å². The van der Waals surface area contributed by atoms with Crippen LogP contribution in [0.2, 0.25) is 0 Å². The molecule has 3 heteroatoms. The number of anilines is 1. The molecule has 1 aromatic heterocycles. The normalized spacial score (nSPS) is 19.1. The zero-order chi connectivity index (χ0) is 13.7. The van der Waals surface area contributed by atoms with Gasteiger partial charge in [0.05, 0.1) is 11.3 Å². The van der Waals surface area contributed by atoms with Gasteiger partial charge in [0.25, 0.3) is 0 Å². The van der Waals surface area contributed by atoms with Crippen LogP contribution in [0.15, 0.2) is 0 Å². The summed E-state index contributed by atoms with van der Waals surface area (Å²) in [6.45, 7) is 12.5. The maximum absolute atomic E-state index is 12.4. The first-order valence-corrected chi connectivity index (χ1v) is 6.91. The van der Waals surface area contributed by atoms with Gasteiger partial charge < -0.3 is 10.3 Å². The van der Waals surface area contributed by atoms with Gasteiger partial charge in [-0.15, -0.1) is 0 Å². The van der Waals surface area contributed by atoms with Crippen molar-refractivity contribution in [3.05, 3.63) is 17.0 Å². The Morgan fingerprint density at radius 1 is 1.17 bits per heavy atom. The Kier molecular flexibility index (Phi) is 2.84. The molecule has 1 saturated carbocycles. The molecule has 1 fully saturated rings. The molecule has 0 aromatic carbocycles. The first-order valence-electron chi connectivity index (χ1n) is 6.91. The van der Waals surface area contributed by atoms with Crippen LogP contribution in [0, 0.1) is 6.92 Å². The van der Waals surface area contributed by atoms with E-state index in [1.54, 1.807) is 0 Å². The number of ketones is 1. The number of aryl methyl sites for hydroxylation is 1. The van der Waals surface area contributed by atoms with Crippen LogP contribution in [0.3, 0.4) is 0 Å². The van der Waals surface area contributed by atoms with Crippen molar-refractivity contribution >= 4 is 11.5 Å². The lowest BCUT2D eigenvalue weighted by Gasteiger charge is -2.18. The summed E-state index contributed by atoms with van der Waals surface area (Å²) in [6, 6.07) is 0. The monoisotopic (exact) mass is 248 g/mol. The molecule has 3 rings (SSSR count). The van der Waals surface area contributed by atoms with Crippen LogP contribution in [0.5, 0.6) is 0 Å². The molecule has 2 aliphatic rings. The molecular weight excluding hydrogens is 224 g/mol. The number of fused-ring (bicyclic) bond motifs is 1. The summed E-state index contributed by atoms with van der Waals surface area (Å²) in [5, 5.41) is 3.41. The molecule has 1 spiro atoms. The van der Waals surface area contributed by atoms with E-state index in [0.29, 0.717) is 5.78 Å². The Balaban J connectivity index is 0.000000574. The number of hydrogen-bond donors (Lipinski definition) is 2. The predicted molar refractivity (Wildman–Crippen MR) is 75.5 cm³/mol. The standard InChI is InChI=1S/C13H18N2O.C2H6/c1-7-9-8(10(14-7)12(2,3)4)11(16)13(15-9)5-6-13;1-2/h14-15H,5-6H2,1-4H3;1-2H3. The number of aromatic amines is 1. The number of carbonyl (C=O) groups excluding carboxylic acids is 1. The summed E-state index contributed by atoms with van der Waals surface area (Å²) < 4.78 is 0. The highest BCUT2D eigenvalue weighted by atomic mass is 16.1. The maximum atomic E-state index is 12.4. The second kappa shape index (κ2) is 3.87. The summed E-state index contributed by atoms with van der Waals surface area (Å²) in [6.07, 6.45) is 1.98. The highest BCUT2D eigenvalue weighted by molar-refractivity contribution is 6.16. The quantitative estimate of drug-likeness (QED) is 0.733. The Bertz CT molecular complexity index is 487. The molecule has 0 bridgehead atoms. The SMILES string of the molecule is CC.Cc1[nH]c(C(C)(C)C)c2c1NC1(CC1)C2=O. The Labute approximate surface area is 109 Å². The number of H-pyrrole nitrogens is 1. The minimum absolute atomic E-state index is 0.00387. The molecule has 1 aromatic rings. The molecule has 0 saturated heterocycles. The highest BCUT2D eigenvalue weighted by Gasteiger charge is 2.56. The molecule has 0 radical (unpaired) electrons. The number of Topliss-reactive ketones (excluding diaryl/α,β-unsaturated/α-hetero) is 1. The first kappa shape index (κ1) is 13.2. The molecule has 0 atom stereocenters. The van der Waals surface area contributed by atoms with Gasteiger partial charge >= 0.3 is 0 Å². The fraction of sp³-hybridized carbons (Fsp3) is 0.667. The highest BCUT2D eigenvalue weighted by Crippen LogP contribution is 2.51. The number of rotatable bonds is 0. The summed E-state index contributed by atoms with van der Waals surface area (Å²) in [4.78, 5) is 15.7. The van der Waals surface area contributed by atoms with Crippen molar-refractivity contribution < 1.29 is 4.79 Å². The van der Waals surface area contributed by atoms with E-state index in [1.807, 2.05) is 20.8 Å². The zero-order valence-electron chi connectivity index (χ0n) is 12.3. The molecule has 3 nitrogen and oxygen atoms in total. The number of hydrogen-bond acceptors (Lipinski definition) is 2. The van der Waals surface area contributed by atoms with E-state index < -0.39 is 0 Å². The van der Waals surface area contributed by atoms with E-state index in [9.17, 15) is 4.79 Å². The Morgan fingerprint density at radius 2 is 1.72 bits per heavy atom. The molecule has 2 N–H and O–H groups in total. The third-order valence-electron chi connectivity index (χ3n) is 3.71. The van der Waals surface area contributed by atoms with Gasteiger partial charge in [-0.25, -0.2) is 0 Å². The van der Waals surface area contributed by atoms with Crippen LogP contribution in [-0.2, 0) is 5.41 Å².